The Morgan fingerprint density at radius 3 is 2.08 bits per heavy atom. The molecular weight excluding hydrogens is 324 g/mol. The summed E-state index contributed by atoms with van der Waals surface area (Å²) in [6, 6.07) is 20.8. The number of piperidine rings is 1. The van der Waals surface area contributed by atoms with Gasteiger partial charge in [0.1, 0.15) is 5.76 Å². The maximum absolute atomic E-state index is 12.5. The van der Waals surface area contributed by atoms with Gasteiger partial charge in [-0.1, -0.05) is 60.7 Å². The summed E-state index contributed by atoms with van der Waals surface area (Å²) >= 11 is 0. The van der Waals surface area contributed by atoms with E-state index in [1.165, 1.54) is 11.1 Å². The van der Waals surface area contributed by atoms with Crippen molar-refractivity contribution in [3.63, 3.8) is 0 Å². The largest absolute Gasteiger partial charge is 0.383 e. The van der Waals surface area contributed by atoms with Gasteiger partial charge in [0.25, 0.3) is 5.56 Å². The summed E-state index contributed by atoms with van der Waals surface area (Å²) in [6.07, 6.45) is 2.67. The Bertz CT molecular complexity index is 838. The molecule has 26 heavy (non-hydrogen) atoms. The van der Waals surface area contributed by atoms with E-state index in [0.29, 0.717) is 12.3 Å². The van der Waals surface area contributed by atoms with Crippen LogP contribution in [0.1, 0.15) is 47.1 Å². The van der Waals surface area contributed by atoms with Gasteiger partial charge in [0, 0.05) is 11.8 Å². The third kappa shape index (κ3) is 3.51. The quantitative estimate of drug-likeness (QED) is 0.737. The lowest BCUT2D eigenvalue weighted by Gasteiger charge is -2.22. The summed E-state index contributed by atoms with van der Waals surface area (Å²) < 4.78 is 5.64. The molecule has 0 radical (unpaired) electrons. The Hall–Kier alpha value is -2.59. The number of nitrogens with one attached hydrogen (secondary N) is 2. The van der Waals surface area contributed by atoms with E-state index in [0.717, 1.165) is 37.3 Å². The van der Waals surface area contributed by atoms with E-state index in [9.17, 15) is 4.79 Å². The molecule has 0 saturated carbocycles. The molecule has 0 bridgehead atoms. The van der Waals surface area contributed by atoms with Crippen molar-refractivity contribution in [2.24, 2.45) is 0 Å². The van der Waals surface area contributed by atoms with Crippen molar-refractivity contribution in [2.45, 2.75) is 31.1 Å². The lowest BCUT2D eigenvalue weighted by atomic mass is 9.84. The topological polar surface area (TPSA) is 58.0 Å². The first-order valence-corrected chi connectivity index (χ1v) is 9.34. The molecule has 4 nitrogen and oxygen atoms in total. The first-order valence-electron chi connectivity index (χ1n) is 9.34. The molecule has 1 saturated heterocycles. The Kier molecular flexibility index (Phi) is 5.02. The number of aromatic nitrogens is 1. The van der Waals surface area contributed by atoms with Crippen LogP contribution in [-0.2, 0) is 6.42 Å². The average molecular weight is 348 g/mol. The maximum atomic E-state index is 12.5. The van der Waals surface area contributed by atoms with Gasteiger partial charge in [0.05, 0.1) is 5.56 Å². The summed E-state index contributed by atoms with van der Waals surface area (Å²) in [6.45, 7) is 1.94. The van der Waals surface area contributed by atoms with Crippen molar-refractivity contribution in [3.05, 3.63) is 93.5 Å². The average Bonchev–Trinajstić information content (AvgIpc) is 3.08. The Balaban J connectivity index is 1.71. The summed E-state index contributed by atoms with van der Waals surface area (Å²) in [5.74, 6) is 1.31. The first-order chi connectivity index (χ1) is 12.8. The number of aromatic amines is 1. The van der Waals surface area contributed by atoms with Gasteiger partial charge in [-0.05, 0) is 43.5 Å². The molecule has 0 spiro atoms. The molecule has 0 amide bonds. The van der Waals surface area contributed by atoms with Crippen LogP contribution >= 0.6 is 0 Å². The monoisotopic (exact) mass is 348 g/mol. The molecule has 0 aliphatic carbocycles. The van der Waals surface area contributed by atoms with E-state index in [2.05, 4.69) is 59.0 Å². The summed E-state index contributed by atoms with van der Waals surface area (Å²) in [5.41, 5.74) is 3.15. The SMILES string of the molecule is O=c1[nH]oc(C2CCNCC2)c1CC(c1ccccc1)c1ccccc1. The zero-order chi connectivity index (χ0) is 17.8. The molecule has 134 valence electrons. The second-order valence-corrected chi connectivity index (χ2v) is 6.98. The summed E-state index contributed by atoms with van der Waals surface area (Å²) in [5, 5.41) is 5.97. The highest BCUT2D eigenvalue weighted by atomic mass is 16.5. The zero-order valence-corrected chi connectivity index (χ0v) is 14.8. The van der Waals surface area contributed by atoms with Gasteiger partial charge >= 0.3 is 0 Å². The van der Waals surface area contributed by atoms with Crippen LogP contribution in [0.15, 0.2) is 70.0 Å². The number of rotatable bonds is 5. The fourth-order valence-corrected chi connectivity index (χ4v) is 3.95. The number of H-pyrrole nitrogens is 1. The van der Waals surface area contributed by atoms with Gasteiger partial charge in [0.15, 0.2) is 0 Å². The molecule has 1 aliphatic rings. The molecule has 4 heteroatoms. The minimum atomic E-state index is -0.0876. The predicted molar refractivity (Wildman–Crippen MR) is 103 cm³/mol. The molecule has 1 fully saturated rings. The Morgan fingerprint density at radius 1 is 0.923 bits per heavy atom. The standard InChI is InChI=1S/C22H24N2O2/c25-22-20(21(26-24-22)18-11-13-23-14-12-18)15-19(16-7-3-1-4-8-16)17-9-5-2-6-10-17/h1-10,18-19,23H,11-15H2,(H,24,25). The van der Waals surface area contributed by atoms with E-state index >= 15 is 0 Å². The lowest BCUT2D eigenvalue weighted by molar-refractivity contribution is 0.323. The third-order valence-corrected chi connectivity index (χ3v) is 5.35. The smallest absolute Gasteiger partial charge is 0.283 e. The molecule has 2 heterocycles. The fourth-order valence-electron chi connectivity index (χ4n) is 3.95. The van der Waals surface area contributed by atoms with E-state index in [4.69, 9.17) is 4.52 Å². The minimum absolute atomic E-state index is 0.0876. The molecule has 4 rings (SSSR count). The Morgan fingerprint density at radius 2 is 1.50 bits per heavy atom. The molecule has 2 aromatic carbocycles. The van der Waals surface area contributed by atoms with Crippen LogP contribution in [0.5, 0.6) is 0 Å². The van der Waals surface area contributed by atoms with Gasteiger partial charge < -0.3 is 9.84 Å². The number of benzene rings is 2. The van der Waals surface area contributed by atoms with Crippen molar-refractivity contribution >= 4 is 0 Å². The highest BCUT2D eigenvalue weighted by Crippen LogP contribution is 2.32. The Labute approximate surface area is 153 Å². The van der Waals surface area contributed by atoms with Crippen LogP contribution in [0.4, 0.5) is 0 Å². The van der Waals surface area contributed by atoms with Crippen LogP contribution in [0.3, 0.4) is 0 Å². The van der Waals surface area contributed by atoms with Crippen molar-refractivity contribution in [2.75, 3.05) is 13.1 Å². The molecule has 0 atom stereocenters. The normalized spacial score (nSPS) is 15.4. The molecule has 1 aromatic heterocycles. The fraction of sp³-hybridized carbons (Fsp3) is 0.318. The van der Waals surface area contributed by atoms with E-state index in [-0.39, 0.29) is 11.5 Å². The zero-order valence-electron chi connectivity index (χ0n) is 14.8. The van der Waals surface area contributed by atoms with Crippen molar-refractivity contribution < 1.29 is 4.52 Å². The van der Waals surface area contributed by atoms with Crippen LogP contribution < -0.4 is 10.9 Å². The van der Waals surface area contributed by atoms with Gasteiger partial charge in [-0.3, -0.25) is 4.79 Å². The number of hydrogen-bond donors (Lipinski definition) is 2. The molecule has 0 unspecified atom stereocenters. The maximum Gasteiger partial charge on any atom is 0.283 e. The lowest BCUT2D eigenvalue weighted by Crippen LogP contribution is -2.27. The van der Waals surface area contributed by atoms with Gasteiger partial charge in [-0.25, -0.2) is 0 Å². The first kappa shape index (κ1) is 16.9. The number of hydrogen-bond acceptors (Lipinski definition) is 3. The second kappa shape index (κ2) is 7.75. The summed E-state index contributed by atoms with van der Waals surface area (Å²) in [4.78, 5) is 12.5. The van der Waals surface area contributed by atoms with Crippen molar-refractivity contribution in [1.82, 2.24) is 10.5 Å². The molecule has 2 N–H and O–H groups in total. The third-order valence-electron chi connectivity index (χ3n) is 5.35. The predicted octanol–water partition coefficient (Wildman–Crippen LogP) is 3.81. The summed E-state index contributed by atoms with van der Waals surface area (Å²) in [7, 11) is 0. The van der Waals surface area contributed by atoms with Crippen LogP contribution in [0.25, 0.3) is 0 Å². The molecule has 3 aromatic rings. The molecule has 1 aliphatic heterocycles. The van der Waals surface area contributed by atoms with Crippen LogP contribution in [0, 0.1) is 0 Å². The highest BCUT2D eigenvalue weighted by Gasteiger charge is 2.27. The minimum Gasteiger partial charge on any atom is -0.383 e. The van der Waals surface area contributed by atoms with E-state index in [1.54, 1.807) is 0 Å². The van der Waals surface area contributed by atoms with Gasteiger partial charge in [-0.2, -0.15) is 5.16 Å². The van der Waals surface area contributed by atoms with E-state index < -0.39 is 0 Å². The van der Waals surface area contributed by atoms with E-state index in [1.807, 2.05) is 12.1 Å². The van der Waals surface area contributed by atoms with Crippen LogP contribution in [0.2, 0.25) is 0 Å². The van der Waals surface area contributed by atoms with Gasteiger partial charge in [0.2, 0.25) is 0 Å². The second-order valence-electron chi connectivity index (χ2n) is 6.98. The highest BCUT2D eigenvalue weighted by molar-refractivity contribution is 5.35. The van der Waals surface area contributed by atoms with Crippen molar-refractivity contribution in [3.8, 4) is 0 Å². The van der Waals surface area contributed by atoms with Gasteiger partial charge in [-0.15, -0.1) is 0 Å². The van der Waals surface area contributed by atoms with Crippen molar-refractivity contribution in [1.29, 1.82) is 0 Å². The molecular formula is C22H24N2O2. The van der Waals surface area contributed by atoms with Crippen LogP contribution in [-0.4, -0.2) is 18.2 Å².